The fourth-order valence-electron chi connectivity index (χ4n) is 2.05. The Hall–Kier alpha value is 0.170. The molecule has 0 aromatic rings. The van der Waals surface area contributed by atoms with Crippen LogP contribution in [-0.4, -0.2) is 34.0 Å². The van der Waals surface area contributed by atoms with Crippen LogP contribution < -0.4 is 5.32 Å². The van der Waals surface area contributed by atoms with Gasteiger partial charge in [-0.05, 0) is 32.4 Å². The van der Waals surface area contributed by atoms with Gasteiger partial charge in [0.1, 0.15) is 0 Å². The Bertz CT molecular complexity index is 281. The third-order valence-corrected chi connectivity index (χ3v) is 6.61. The molecule has 0 amide bonds. The Kier molecular flexibility index (Phi) is 3.79. The summed E-state index contributed by atoms with van der Waals surface area (Å²) in [5.41, 5.74) is 0.273. The van der Waals surface area contributed by atoms with Crippen LogP contribution >= 0.6 is 23.5 Å². The Labute approximate surface area is 107 Å². The van der Waals surface area contributed by atoms with Crippen LogP contribution in [0.4, 0.5) is 0 Å². The van der Waals surface area contributed by atoms with Crippen molar-refractivity contribution in [3.05, 3.63) is 0 Å². The van der Waals surface area contributed by atoms with Gasteiger partial charge in [-0.25, -0.2) is 0 Å². The number of rotatable bonds is 4. The molecule has 0 spiro atoms. The lowest BCUT2D eigenvalue weighted by molar-refractivity contribution is 0.372. The minimum Gasteiger partial charge on any atom is -0.359 e. The van der Waals surface area contributed by atoms with Gasteiger partial charge in [0.15, 0.2) is 5.17 Å². The van der Waals surface area contributed by atoms with Gasteiger partial charge in [-0.3, -0.25) is 4.99 Å². The zero-order chi connectivity index (χ0) is 11.6. The van der Waals surface area contributed by atoms with E-state index in [-0.39, 0.29) is 5.54 Å². The van der Waals surface area contributed by atoms with Crippen molar-refractivity contribution >= 4 is 28.7 Å². The van der Waals surface area contributed by atoms with Crippen molar-refractivity contribution in [3.8, 4) is 0 Å². The zero-order valence-corrected chi connectivity index (χ0v) is 12.1. The van der Waals surface area contributed by atoms with Gasteiger partial charge in [0.2, 0.25) is 0 Å². The molecule has 1 aliphatic heterocycles. The summed E-state index contributed by atoms with van der Waals surface area (Å²) < 4.78 is 0.473. The topological polar surface area (TPSA) is 24.4 Å². The van der Waals surface area contributed by atoms with Gasteiger partial charge in [-0.15, -0.1) is 0 Å². The molecule has 1 saturated carbocycles. The van der Waals surface area contributed by atoms with Gasteiger partial charge in [0.25, 0.3) is 0 Å². The normalized spacial score (nSPS) is 34.8. The predicted octanol–water partition coefficient (Wildman–Crippen LogP) is 3.13. The molecule has 1 saturated heterocycles. The molecule has 2 nitrogen and oxygen atoms in total. The highest BCUT2D eigenvalue weighted by molar-refractivity contribution is 8.14. The highest BCUT2D eigenvalue weighted by Gasteiger charge is 2.37. The van der Waals surface area contributed by atoms with E-state index in [4.69, 9.17) is 4.99 Å². The summed E-state index contributed by atoms with van der Waals surface area (Å²) in [6, 6.07) is 0. The molecule has 1 unspecified atom stereocenters. The summed E-state index contributed by atoms with van der Waals surface area (Å²) in [6.07, 6.45) is 7.48. The van der Waals surface area contributed by atoms with Crippen LogP contribution in [0, 0.1) is 0 Å². The number of amidine groups is 1. The first-order valence-corrected chi connectivity index (χ1v) is 8.33. The number of nitrogens with one attached hydrogen (secondary N) is 1. The van der Waals surface area contributed by atoms with Gasteiger partial charge in [-0.1, -0.05) is 25.1 Å². The Morgan fingerprint density at radius 3 is 2.69 bits per heavy atom. The van der Waals surface area contributed by atoms with Crippen LogP contribution in [0.1, 0.15) is 39.5 Å². The smallest absolute Gasteiger partial charge is 0.157 e. The number of nitrogens with zero attached hydrogens (tertiary/aromatic N) is 1. The number of thioether (sulfide) groups is 2. The summed E-state index contributed by atoms with van der Waals surface area (Å²) in [5, 5.41) is 4.74. The molecule has 2 rings (SSSR count). The van der Waals surface area contributed by atoms with E-state index in [1.165, 1.54) is 30.9 Å². The summed E-state index contributed by atoms with van der Waals surface area (Å²) in [5.74, 6) is 1.16. The van der Waals surface area contributed by atoms with Crippen molar-refractivity contribution in [1.29, 1.82) is 0 Å². The molecule has 2 aliphatic rings. The molecule has 0 bridgehead atoms. The summed E-state index contributed by atoms with van der Waals surface area (Å²) in [6.45, 7) is 5.53. The van der Waals surface area contributed by atoms with Crippen LogP contribution in [-0.2, 0) is 0 Å². The molecule has 1 N–H and O–H groups in total. The van der Waals surface area contributed by atoms with E-state index in [1.54, 1.807) is 0 Å². The lowest BCUT2D eigenvalue weighted by Gasteiger charge is -2.39. The highest BCUT2D eigenvalue weighted by Crippen LogP contribution is 2.43. The number of aliphatic imine (C=N–C) groups is 1. The van der Waals surface area contributed by atoms with Crippen molar-refractivity contribution in [2.75, 3.05) is 18.6 Å². The second-order valence-corrected chi connectivity index (χ2v) is 7.43. The zero-order valence-electron chi connectivity index (χ0n) is 10.5. The van der Waals surface area contributed by atoms with E-state index in [2.05, 4.69) is 25.4 Å². The molecule has 0 aromatic carbocycles. The lowest BCUT2D eigenvalue weighted by atomic mass is 9.84. The number of hydrogen-bond acceptors (Lipinski definition) is 3. The van der Waals surface area contributed by atoms with Gasteiger partial charge in [-0.2, -0.15) is 11.8 Å². The fourth-order valence-corrected chi connectivity index (χ4v) is 4.14. The average Bonchev–Trinajstić information content (AvgIpc) is 2.61. The average molecular weight is 258 g/mol. The minimum atomic E-state index is 0.273. The van der Waals surface area contributed by atoms with E-state index in [0.29, 0.717) is 4.75 Å². The Balaban J connectivity index is 1.89. The second kappa shape index (κ2) is 4.81. The van der Waals surface area contributed by atoms with Crippen molar-refractivity contribution in [2.45, 2.75) is 49.8 Å². The van der Waals surface area contributed by atoms with Crippen LogP contribution in [0.15, 0.2) is 4.99 Å². The fraction of sp³-hybridized carbons (Fsp3) is 0.917. The second-order valence-electron chi connectivity index (χ2n) is 5.19. The van der Waals surface area contributed by atoms with Crippen LogP contribution in [0.25, 0.3) is 0 Å². The number of hydrogen-bond donors (Lipinski definition) is 1. The van der Waals surface area contributed by atoms with Gasteiger partial charge < -0.3 is 5.32 Å². The van der Waals surface area contributed by atoms with Crippen molar-refractivity contribution in [1.82, 2.24) is 5.32 Å². The SMILES string of the molecule is CCC1(C)CSC(=NCC2(SC)CCC2)N1. The maximum absolute atomic E-state index is 4.78. The van der Waals surface area contributed by atoms with E-state index in [9.17, 15) is 0 Å². The van der Waals surface area contributed by atoms with Gasteiger partial charge >= 0.3 is 0 Å². The third kappa shape index (κ3) is 2.53. The Morgan fingerprint density at radius 1 is 1.50 bits per heavy atom. The Morgan fingerprint density at radius 2 is 2.25 bits per heavy atom. The molecule has 4 heteroatoms. The molecular weight excluding hydrogens is 236 g/mol. The van der Waals surface area contributed by atoms with Gasteiger partial charge in [0, 0.05) is 16.0 Å². The third-order valence-electron chi connectivity index (χ3n) is 3.93. The van der Waals surface area contributed by atoms with Crippen molar-refractivity contribution in [2.24, 2.45) is 4.99 Å². The van der Waals surface area contributed by atoms with Crippen LogP contribution in [0.5, 0.6) is 0 Å². The molecule has 1 heterocycles. The molecular formula is C12H22N2S2. The van der Waals surface area contributed by atoms with E-state index < -0.39 is 0 Å². The van der Waals surface area contributed by atoms with Gasteiger partial charge in [0.05, 0.1) is 6.54 Å². The minimum absolute atomic E-state index is 0.273. The standard InChI is InChI=1S/C12H22N2S2/c1-4-11(2)9-16-10(14-11)13-8-12(15-3)6-5-7-12/h4-9H2,1-3H3,(H,13,14). The van der Waals surface area contributed by atoms with Crippen LogP contribution in [0.3, 0.4) is 0 Å². The first-order valence-electron chi connectivity index (χ1n) is 6.12. The quantitative estimate of drug-likeness (QED) is 0.838. The largest absolute Gasteiger partial charge is 0.359 e. The maximum Gasteiger partial charge on any atom is 0.157 e. The first-order chi connectivity index (χ1) is 7.61. The first kappa shape index (κ1) is 12.6. The van der Waals surface area contributed by atoms with Crippen molar-refractivity contribution < 1.29 is 0 Å². The summed E-state index contributed by atoms with van der Waals surface area (Å²) in [7, 11) is 0. The molecule has 0 radical (unpaired) electrons. The maximum atomic E-state index is 4.78. The molecule has 1 aliphatic carbocycles. The monoisotopic (exact) mass is 258 g/mol. The van der Waals surface area contributed by atoms with E-state index >= 15 is 0 Å². The molecule has 0 aromatic heterocycles. The lowest BCUT2D eigenvalue weighted by Crippen LogP contribution is -2.41. The van der Waals surface area contributed by atoms with Crippen molar-refractivity contribution in [3.63, 3.8) is 0 Å². The summed E-state index contributed by atoms with van der Waals surface area (Å²) >= 11 is 3.89. The summed E-state index contributed by atoms with van der Waals surface area (Å²) in [4.78, 5) is 4.78. The predicted molar refractivity (Wildman–Crippen MR) is 76.7 cm³/mol. The van der Waals surface area contributed by atoms with E-state index in [1.807, 2.05) is 23.5 Å². The van der Waals surface area contributed by atoms with Crippen LogP contribution in [0.2, 0.25) is 0 Å². The molecule has 2 fully saturated rings. The molecule has 16 heavy (non-hydrogen) atoms. The highest BCUT2D eigenvalue weighted by atomic mass is 32.2. The molecule has 1 atom stereocenters. The van der Waals surface area contributed by atoms with E-state index in [0.717, 1.165) is 12.3 Å². The molecule has 92 valence electrons.